The van der Waals surface area contributed by atoms with E-state index in [1.807, 2.05) is 24.3 Å². The van der Waals surface area contributed by atoms with Crippen molar-refractivity contribution in [2.75, 3.05) is 0 Å². The van der Waals surface area contributed by atoms with Gasteiger partial charge in [0, 0.05) is 12.4 Å². The lowest BCUT2D eigenvalue weighted by Crippen LogP contribution is -2.01. The van der Waals surface area contributed by atoms with E-state index < -0.39 is 6.10 Å². The molecule has 0 bridgehead atoms. The number of aliphatic hydroxyl groups is 1. The first kappa shape index (κ1) is 8.01. The predicted octanol–water partition coefficient (Wildman–Crippen LogP) is 1.49. The Morgan fingerprint density at radius 1 is 1.23 bits per heavy atom. The van der Waals surface area contributed by atoms with Crippen molar-refractivity contribution >= 4 is 0 Å². The fourth-order valence-corrected chi connectivity index (χ4v) is 1.21. The minimum atomic E-state index is -0.656. The number of pyridine rings is 1. The molecule has 0 amide bonds. The zero-order chi connectivity index (χ0) is 9.10. The number of nitrogens with one attached hydrogen (secondary N) is 1. The molecule has 0 fully saturated rings. The van der Waals surface area contributed by atoms with Crippen molar-refractivity contribution in [2.45, 2.75) is 6.10 Å². The van der Waals surface area contributed by atoms with Crippen molar-refractivity contribution < 1.29 is 5.11 Å². The molecular weight excluding hydrogens is 164 g/mol. The van der Waals surface area contributed by atoms with Crippen molar-refractivity contribution in [1.82, 2.24) is 9.97 Å². The molecule has 13 heavy (non-hydrogen) atoms. The number of nitrogens with zero attached hydrogens (tertiary/aromatic N) is 1. The molecule has 2 N–H and O–H groups in total. The predicted molar refractivity (Wildman–Crippen MR) is 49.1 cm³/mol. The van der Waals surface area contributed by atoms with E-state index >= 15 is 0 Å². The van der Waals surface area contributed by atoms with Gasteiger partial charge in [0.1, 0.15) is 6.10 Å². The molecule has 0 radical (unpaired) electrons. The molecule has 3 nitrogen and oxygen atoms in total. The highest BCUT2D eigenvalue weighted by molar-refractivity contribution is 5.19. The van der Waals surface area contributed by atoms with Crippen LogP contribution in [0, 0.1) is 0 Å². The van der Waals surface area contributed by atoms with Crippen LogP contribution in [0.1, 0.15) is 17.5 Å². The van der Waals surface area contributed by atoms with Crippen LogP contribution >= 0.6 is 0 Å². The van der Waals surface area contributed by atoms with Crippen molar-refractivity contribution in [1.29, 1.82) is 0 Å². The van der Waals surface area contributed by atoms with Gasteiger partial charge in [-0.1, -0.05) is 6.07 Å². The van der Waals surface area contributed by atoms with Crippen LogP contribution in [0.5, 0.6) is 0 Å². The summed E-state index contributed by atoms with van der Waals surface area (Å²) in [5.41, 5.74) is 1.42. The molecule has 0 saturated carbocycles. The normalized spacial score (nSPS) is 12.7. The van der Waals surface area contributed by atoms with Crippen LogP contribution in [0.4, 0.5) is 0 Å². The quantitative estimate of drug-likeness (QED) is 0.724. The lowest BCUT2D eigenvalue weighted by molar-refractivity contribution is 0.211. The van der Waals surface area contributed by atoms with Crippen LogP contribution < -0.4 is 0 Å². The second-order valence-corrected chi connectivity index (χ2v) is 2.78. The van der Waals surface area contributed by atoms with Crippen molar-refractivity contribution in [3.63, 3.8) is 0 Å². The van der Waals surface area contributed by atoms with Gasteiger partial charge in [-0.25, -0.2) is 0 Å². The van der Waals surface area contributed by atoms with Gasteiger partial charge in [-0.3, -0.25) is 4.98 Å². The average Bonchev–Trinajstić information content (AvgIpc) is 2.71. The van der Waals surface area contributed by atoms with Gasteiger partial charge in [-0.2, -0.15) is 0 Å². The van der Waals surface area contributed by atoms with Gasteiger partial charge < -0.3 is 10.1 Å². The Labute approximate surface area is 76.1 Å². The summed E-state index contributed by atoms with van der Waals surface area (Å²) in [6, 6.07) is 9.16. The molecule has 66 valence electrons. The second-order valence-electron chi connectivity index (χ2n) is 2.78. The van der Waals surface area contributed by atoms with Crippen molar-refractivity contribution in [2.24, 2.45) is 0 Å². The van der Waals surface area contributed by atoms with Crippen LogP contribution in [0.3, 0.4) is 0 Å². The maximum absolute atomic E-state index is 9.79. The van der Waals surface area contributed by atoms with E-state index in [2.05, 4.69) is 9.97 Å². The zero-order valence-electron chi connectivity index (χ0n) is 7.01. The molecule has 0 aromatic carbocycles. The third kappa shape index (κ3) is 1.60. The minimum Gasteiger partial charge on any atom is -0.381 e. The van der Waals surface area contributed by atoms with Gasteiger partial charge >= 0.3 is 0 Å². The number of aromatic amines is 1. The van der Waals surface area contributed by atoms with Crippen LogP contribution in [0.15, 0.2) is 42.7 Å². The monoisotopic (exact) mass is 174 g/mol. The second kappa shape index (κ2) is 3.41. The number of H-pyrrole nitrogens is 1. The number of hydrogen-bond acceptors (Lipinski definition) is 2. The maximum atomic E-state index is 9.79. The smallest absolute Gasteiger partial charge is 0.136 e. The molecule has 3 heteroatoms. The van der Waals surface area contributed by atoms with Gasteiger partial charge in [0.2, 0.25) is 0 Å². The van der Waals surface area contributed by atoms with E-state index in [9.17, 15) is 5.11 Å². The third-order valence-electron chi connectivity index (χ3n) is 1.88. The lowest BCUT2D eigenvalue weighted by Gasteiger charge is -2.06. The van der Waals surface area contributed by atoms with Gasteiger partial charge in [0.25, 0.3) is 0 Å². The number of hydrogen-bond donors (Lipinski definition) is 2. The zero-order valence-corrected chi connectivity index (χ0v) is 7.01. The summed E-state index contributed by atoms with van der Waals surface area (Å²) in [6.45, 7) is 0. The Bertz CT molecular complexity index is 356. The van der Waals surface area contributed by atoms with Crippen molar-refractivity contribution in [3.05, 3.63) is 54.1 Å². The minimum absolute atomic E-state index is 0.656. The van der Waals surface area contributed by atoms with E-state index in [-0.39, 0.29) is 0 Å². The first-order valence-electron chi connectivity index (χ1n) is 4.10. The van der Waals surface area contributed by atoms with Gasteiger partial charge in [-0.05, 0) is 24.3 Å². The lowest BCUT2D eigenvalue weighted by atomic mass is 10.2. The molecule has 0 aliphatic heterocycles. The van der Waals surface area contributed by atoms with E-state index in [1.54, 1.807) is 18.5 Å². The third-order valence-corrected chi connectivity index (χ3v) is 1.88. The molecule has 2 aromatic heterocycles. The average molecular weight is 174 g/mol. The maximum Gasteiger partial charge on any atom is 0.136 e. The van der Waals surface area contributed by atoms with E-state index in [4.69, 9.17) is 0 Å². The SMILES string of the molecule is O[C@@H](c1ccccn1)c1ccc[nH]1. The van der Waals surface area contributed by atoms with Gasteiger partial charge in [0.15, 0.2) is 0 Å². The summed E-state index contributed by atoms with van der Waals surface area (Å²) in [4.78, 5) is 7.01. The summed E-state index contributed by atoms with van der Waals surface area (Å²) in [6.07, 6.45) is 2.79. The number of aromatic nitrogens is 2. The summed E-state index contributed by atoms with van der Waals surface area (Å²) in [5, 5.41) is 9.79. The first-order valence-corrected chi connectivity index (χ1v) is 4.10. The summed E-state index contributed by atoms with van der Waals surface area (Å²) in [5.74, 6) is 0. The first-order chi connectivity index (χ1) is 6.38. The van der Waals surface area contributed by atoms with Crippen LogP contribution in [-0.2, 0) is 0 Å². The summed E-state index contributed by atoms with van der Waals surface area (Å²) >= 11 is 0. The Hall–Kier alpha value is -1.61. The highest BCUT2D eigenvalue weighted by atomic mass is 16.3. The standard InChI is InChI=1S/C10H10N2O/c13-10(9-5-3-7-12-9)8-4-1-2-6-11-8/h1-7,10,12-13H/t10-/m0/s1. The molecule has 1 atom stereocenters. The Balaban J connectivity index is 2.29. The van der Waals surface area contributed by atoms with Crippen LogP contribution in [0.2, 0.25) is 0 Å². The highest BCUT2D eigenvalue weighted by Gasteiger charge is 2.10. The molecule has 0 saturated heterocycles. The Morgan fingerprint density at radius 3 is 2.77 bits per heavy atom. The molecule has 2 rings (SSSR count). The van der Waals surface area contributed by atoms with E-state index in [0.29, 0.717) is 5.69 Å². The summed E-state index contributed by atoms with van der Waals surface area (Å²) in [7, 11) is 0. The summed E-state index contributed by atoms with van der Waals surface area (Å²) < 4.78 is 0. The molecule has 0 aliphatic carbocycles. The Kier molecular flexibility index (Phi) is 2.10. The highest BCUT2D eigenvalue weighted by Crippen LogP contribution is 2.16. The molecule has 2 aromatic rings. The van der Waals surface area contributed by atoms with Crippen LogP contribution in [-0.4, -0.2) is 15.1 Å². The molecule has 2 heterocycles. The Morgan fingerprint density at radius 2 is 2.15 bits per heavy atom. The van der Waals surface area contributed by atoms with E-state index in [1.165, 1.54) is 0 Å². The molecule has 0 aliphatic rings. The largest absolute Gasteiger partial charge is 0.381 e. The number of aliphatic hydroxyl groups excluding tert-OH is 1. The molecular formula is C10H10N2O. The number of rotatable bonds is 2. The van der Waals surface area contributed by atoms with Crippen LogP contribution in [0.25, 0.3) is 0 Å². The molecule has 0 spiro atoms. The topological polar surface area (TPSA) is 48.9 Å². The van der Waals surface area contributed by atoms with Gasteiger partial charge in [0.05, 0.1) is 11.4 Å². The molecule has 0 unspecified atom stereocenters. The van der Waals surface area contributed by atoms with Crippen molar-refractivity contribution in [3.8, 4) is 0 Å². The van der Waals surface area contributed by atoms with E-state index in [0.717, 1.165) is 5.69 Å². The fourth-order valence-electron chi connectivity index (χ4n) is 1.21. The van der Waals surface area contributed by atoms with Gasteiger partial charge in [-0.15, -0.1) is 0 Å². The fraction of sp³-hybridized carbons (Fsp3) is 0.100.